The van der Waals surface area contributed by atoms with Crippen LogP contribution in [0, 0.1) is 0 Å². The molecule has 3 N–H and O–H groups in total. The summed E-state index contributed by atoms with van der Waals surface area (Å²) in [5, 5.41) is 8.95. The summed E-state index contributed by atoms with van der Waals surface area (Å²) in [5.41, 5.74) is 2.73. The lowest BCUT2D eigenvalue weighted by Gasteiger charge is -2.10. The molecule has 0 unspecified atom stereocenters. The molecule has 0 atom stereocenters. The Kier molecular flexibility index (Phi) is 6.70. The summed E-state index contributed by atoms with van der Waals surface area (Å²) in [6.45, 7) is 1.11. The minimum atomic E-state index is -0.224. The van der Waals surface area contributed by atoms with E-state index in [2.05, 4.69) is 16.0 Å². The summed E-state index contributed by atoms with van der Waals surface area (Å²) < 4.78 is 5.59. The van der Waals surface area contributed by atoms with Crippen LogP contribution >= 0.6 is 0 Å². The molecule has 138 valence electrons. The van der Waals surface area contributed by atoms with Crippen LogP contribution in [-0.4, -0.2) is 19.2 Å². The van der Waals surface area contributed by atoms with Gasteiger partial charge in [0.25, 0.3) is 0 Å². The Balaban J connectivity index is 1.35. The molecule has 5 heteroatoms. The highest BCUT2D eigenvalue weighted by atomic mass is 16.5. The summed E-state index contributed by atoms with van der Waals surface area (Å²) in [7, 11) is 0. The van der Waals surface area contributed by atoms with Gasteiger partial charge in [-0.25, -0.2) is 4.79 Å². The predicted octanol–water partition coefficient (Wildman–Crippen LogP) is 5.02. The van der Waals surface area contributed by atoms with E-state index >= 15 is 0 Å². The molecule has 0 fully saturated rings. The molecule has 2 amide bonds. The first-order chi connectivity index (χ1) is 13.3. The number of nitrogens with one attached hydrogen (secondary N) is 3. The van der Waals surface area contributed by atoms with Crippen molar-refractivity contribution >= 4 is 23.1 Å². The summed E-state index contributed by atoms with van der Waals surface area (Å²) >= 11 is 0. The third-order valence-electron chi connectivity index (χ3n) is 3.82. The predicted molar refractivity (Wildman–Crippen MR) is 110 cm³/mol. The van der Waals surface area contributed by atoms with E-state index in [1.807, 2.05) is 84.9 Å². The second-order valence-electron chi connectivity index (χ2n) is 5.96. The first kappa shape index (κ1) is 18.3. The van der Waals surface area contributed by atoms with Gasteiger partial charge in [-0.3, -0.25) is 0 Å². The number of hydrogen-bond acceptors (Lipinski definition) is 3. The summed E-state index contributed by atoms with van der Waals surface area (Å²) in [6, 6.07) is 26.9. The largest absolute Gasteiger partial charge is 0.494 e. The van der Waals surface area contributed by atoms with Crippen molar-refractivity contribution in [3.63, 3.8) is 0 Å². The Bertz CT molecular complexity index is 821. The highest BCUT2D eigenvalue weighted by molar-refractivity contribution is 5.89. The number of anilines is 3. The molecule has 0 saturated carbocycles. The first-order valence-electron chi connectivity index (χ1n) is 8.94. The van der Waals surface area contributed by atoms with Gasteiger partial charge in [-0.05, 0) is 55.0 Å². The molecule has 27 heavy (non-hydrogen) atoms. The van der Waals surface area contributed by atoms with Crippen molar-refractivity contribution in [2.75, 3.05) is 23.8 Å². The second kappa shape index (κ2) is 9.87. The lowest BCUT2D eigenvalue weighted by atomic mass is 10.2. The molecule has 3 rings (SSSR count). The number of rotatable bonds is 8. The average molecular weight is 361 g/mol. The number of carbonyl (C=O) groups is 1. The molecule has 3 aromatic rings. The van der Waals surface area contributed by atoms with Crippen LogP contribution in [-0.2, 0) is 0 Å². The molecule has 0 radical (unpaired) electrons. The van der Waals surface area contributed by atoms with Crippen molar-refractivity contribution in [1.29, 1.82) is 0 Å². The van der Waals surface area contributed by atoms with Crippen LogP contribution in [0.1, 0.15) is 6.42 Å². The molecule has 0 bridgehead atoms. The van der Waals surface area contributed by atoms with Crippen LogP contribution in [0.3, 0.4) is 0 Å². The van der Waals surface area contributed by atoms with Crippen LogP contribution in [0.5, 0.6) is 5.75 Å². The Morgan fingerprint density at radius 3 is 2.04 bits per heavy atom. The van der Waals surface area contributed by atoms with Gasteiger partial charge >= 0.3 is 6.03 Å². The van der Waals surface area contributed by atoms with Crippen LogP contribution in [0.25, 0.3) is 0 Å². The molecule has 0 aromatic heterocycles. The maximum atomic E-state index is 11.9. The number of amides is 2. The standard InChI is InChI=1S/C22H23N3O2/c26-22(23-16-7-17-27-21-10-5-2-6-11-21)25-20-14-12-19(13-15-20)24-18-8-3-1-4-9-18/h1-6,8-15,24H,7,16-17H2,(H2,23,25,26). The molecular weight excluding hydrogens is 338 g/mol. The van der Waals surface area contributed by atoms with Gasteiger partial charge in [0.05, 0.1) is 6.61 Å². The molecule has 0 saturated heterocycles. The highest BCUT2D eigenvalue weighted by Gasteiger charge is 2.02. The smallest absolute Gasteiger partial charge is 0.319 e. The van der Waals surface area contributed by atoms with Crippen LogP contribution < -0.4 is 20.7 Å². The van der Waals surface area contributed by atoms with Crippen molar-refractivity contribution in [3.05, 3.63) is 84.9 Å². The zero-order chi connectivity index (χ0) is 18.7. The van der Waals surface area contributed by atoms with Gasteiger partial charge in [-0.1, -0.05) is 36.4 Å². The average Bonchev–Trinajstić information content (AvgIpc) is 2.71. The molecule has 0 spiro atoms. The van der Waals surface area contributed by atoms with E-state index in [0.29, 0.717) is 13.2 Å². The van der Waals surface area contributed by atoms with Crippen molar-refractivity contribution in [2.24, 2.45) is 0 Å². The fraction of sp³-hybridized carbons (Fsp3) is 0.136. The Morgan fingerprint density at radius 2 is 1.33 bits per heavy atom. The van der Waals surface area contributed by atoms with E-state index in [-0.39, 0.29) is 6.03 Å². The van der Waals surface area contributed by atoms with Crippen LogP contribution in [0.4, 0.5) is 21.9 Å². The van der Waals surface area contributed by atoms with E-state index in [9.17, 15) is 4.79 Å². The van der Waals surface area contributed by atoms with Gasteiger partial charge in [0.1, 0.15) is 5.75 Å². The van der Waals surface area contributed by atoms with Gasteiger partial charge in [0, 0.05) is 23.6 Å². The Labute approximate surface area is 159 Å². The fourth-order valence-corrected chi connectivity index (χ4v) is 2.48. The number of ether oxygens (including phenoxy) is 1. The Morgan fingerprint density at radius 1 is 0.741 bits per heavy atom. The van der Waals surface area contributed by atoms with Gasteiger partial charge < -0.3 is 20.7 Å². The third-order valence-corrected chi connectivity index (χ3v) is 3.82. The molecule has 5 nitrogen and oxygen atoms in total. The van der Waals surface area contributed by atoms with E-state index in [1.54, 1.807) is 0 Å². The Hall–Kier alpha value is -3.47. The van der Waals surface area contributed by atoms with Crippen LogP contribution in [0.2, 0.25) is 0 Å². The zero-order valence-electron chi connectivity index (χ0n) is 15.0. The lowest BCUT2D eigenvalue weighted by molar-refractivity contribution is 0.250. The molecule has 3 aromatic carbocycles. The molecule has 0 aliphatic heterocycles. The maximum Gasteiger partial charge on any atom is 0.319 e. The summed E-state index contributed by atoms with van der Waals surface area (Å²) in [4.78, 5) is 11.9. The van der Waals surface area contributed by atoms with E-state index in [4.69, 9.17) is 4.74 Å². The normalized spacial score (nSPS) is 10.1. The van der Waals surface area contributed by atoms with E-state index < -0.39 is 0 Å². The van der Waals surface area contributed by atoms with Crippen molar-refractivity contribution < 1.29 is 9.53 Å². The minimum absolute atomic E-state index is 0.224. The topological polar surface area (TPSA) is 62.4 Å². The maximum absolute atomic E-state index is 11.9. The number of hydrogen-bond donors (Lipinski definition) is 3. The first-order valence-corrected chi connectivity index (χ1v) is 8.94. The number of benzene rings is 3. The molecule has 0 aliphatic rings. The SMILES string of the molecule is O=C(NCCCOc1ccccc1)Nc1ccc(Nc2ccccc2)cc1. The minimum Gasteiger partial charge on any atom is -0.494 e. The van der Waals surface area contributed by atoms with E-state index in [0.717, 1.165) is 29.2 Å². The quantitative estimate of drug-likeness (QED) is 0.494. The van der Waals surface area contributed by atoms with Gasteiger partial charge in [-0.15, -0.1) is 0 Å². The van der Waals surface area contributed by atoms with Crippen molar-refractivity contribution in [2.45, 2.75) is 6.42 Å². The van der Waals surface area contributed by atoms with Gasteiger partial charge in [0.2, 0.25) is 0 Å². The molecule has 0 aliphatic carbocycles. The number of para-hydroxylation sites is 2. The van der Waals surface area contributed by atoms with Gasteiger partial charge in [0.15, 0.2) is 0 Å². The van der Waals surface area contributed by atoms with Crippen molar-refractivity contribution in [1.82, 2.24) is 5.32 Å². The number of urea groups is 1. The van der Waals surface area contributed by atoms with Crippen LogP contribution in [0.15, 0.2) is 84.9 Å². The zero-order valence-corrected chi connectivity index (χ0v) is 15.0. The molecule has 0 heterocycles. The fourth-order valence-electron chi connectivity index (χ4n) is 2.48. The monoisotopic (exact) mass is 361 g/mol. The second-order valence-corrected chi connectivity index (χ2v) is 5.96. The van der Waals surface area contributed by atoms with E-state index in [1.165, 1.54) is 0 Å². The van der Waals surface area contributed by atoms with Crippen molar-refractivity contribution in [3.8, 4) is 5.75 Å². The number of carbonyl (C=O) groups excluding carboxylic acids is 1. The third kappa shape index (κ3) is 6.40. The summed E-state index contributed by atoms with van der Waals surface area (Å²) in [5.74, 6) is 0.839. The lowest BCUT2D eigenvalue weighted by Crippen LogP contribution is -2.30. The molecular formula is C22H23N3O2. The van der Waals surface area contributed by atoms with Gasteiger partial charge in [-0.2, -0.15) is 0 Å². The highest BCUT2D eigenvalue weighted by Crippen LogP contribution is 2.18. The summed E-state index contributed by atoms with van der Waals surface area (Å²) in [6.07, 6.45) is 0.738.